The molecule has 2 N–H and O–H groups in total. The monoisotopic (exact) mass is 495 g/mol. The molecule has 2 rings (SSSR count). The second kappa shape index (κ2) is 12.9. The number of aliphatic hydroxyl groups is 1. The molecule has 0 aromatic heterocycles. The molecule has 1 saturated heterocycles. The standard InChI is InChI=1S/C24H41N3O6Si/c1-7-8-13-32-23-21(26-27-25)19(14-24(2,3)34(5,6)29)33-20(22(23)28)16-31-15-17-9-11-18(30-4)12-10-17/h9-12,19-23,28-29H,7-8,13-16H2,1-6H3. The van der Waals surface area contributed by atoms with Crippen LogP contribution in [0.5, 0.6) is 5.75 Å². The molecule has 1 fully saturated rings. The molecule has 1 aromatic carbocycles. The van der Waals surface area contributed by atoms with Crippen LogP contribution in [0, 0.1) is 0 Å². The zero-order valence-electron chi connectivity index (χ0n) is 21.3. The summed E-state index contributed by atoms with van der Waals surface area (Å²) in [5.74, 6) is 0.770. The minimum Gasteiger partial charge on any atom is -0.497 e. The lowest BCUT2D eigenvalue weighted by Gasteiger charge is -2.47. The second-order valence-corrected chi connectivity index (χ2v) is 14.6. The van der Waals surface area contributed by atoms with Gasteiger partial charge in [0.1, 0.15) is 18.0 Å². The first-order valence-electron chi connectivity index (χ1n) is 12.0. The molecule has 5 unspecified atom stereocenters. The second-order valence-electron chi connectivity index (χ2n) is 10.1. The summed E-state index contributed by atoms with van der Waals surface area (Å²) in [6, 6.07) is 6.87. The topological polar surface area (TPSA) is 126 Å². The summed E-state index contributed by atoms with van der Waals surface area (Å²) in [5.41, 5.74) is 10.2. The van der Waals surface area contributed by atoms with Gasteiger partial charge in [-0.05, 0) is 54.2 Å². The summed E-state index contributed by atoms with van der Waals surface area (Å²) >= 11 is 0. The molecular formula is C24H41N3O6Si. The van der Waals surface area contributed by atoms with Crippen molar-refractivity contribution in [2.45, 2.75) is 95.2 Å². The third kappa shape index (κ3) is 7.68. The lowest BCUT2D eigenvalue weighted by molar-refractivity contribution is -0.210. The number of hydrogen-bond acceptors (Lipinski definition) is 7. The highest BCUT2D eigenvalue weighted by Crippen LogP contribution is 2.43. The Labute approximate surface area is 204 Å². The third-order valence-electron chi connectivity index (χ3n) is 6.86. The van der Waals surface area contributed by atoms with Gasteiger partial charge in [-0.1, -0.05) is 44.4 Å². The molecule has 1 aliphatic heterocycles. The number of azide groups is 1. The smallest absolute Gasteiger partial charge is 0.188 e. The van der Waals surface area contributed by atoms with Crippen LogP contribution in [0.25, 0.3) is 10.4 Å². The summed E-state index contributed by atoms with van der Waals surface area (Å²) in [5, 5.41) is 14.7. The molecule has 9 nitrogen and oxygen atoms in total. The van der Waals surface area contributed by atoms with E-state index in [0.717, 1.165) is 24.2 Å². The maximum atomic E-state index is 11.1. The normalized spacial score (nSPS) is 25.6. The Hall–Kier alpha value is -1.65. The van der Waals surface area contributed by atoms with Gasteiger partial charge in [-0.2, -0.15) is 0 Å². The number of unbranched alkanes of at least 4 members (excludes halogenated alkanes) is 1. The van der Waals surface area contributed by atoms with Crippen LogP contribution in [0.15, 0.2) is 29.4 Å². The number of ether oxygens (including phenoxy) is 4. The van der Waals surface area contributed by atoms with E-state index < -0.39 is 43.8 Å². The Bertz CT molecular complexity index is 795. The van der Waals surface area contributed by atoms with Crippen molar-refractivity contribution in [2.75, 3.05) is 20.3 Å². The van der Waals surface area contributed by atoms with Gasteiger partial charge in [-0.3, -0.25) is 0 Å². The van der Waals surface area contributed by atoms with E-state index in [4.69, 9.17) is 18.9 Å². The van der Waals surface area contributed by atoms with Crippen molar-refractivity contribution in [3.8, 4) is 5.75 Å². The van der Waals surface area contributed by atoms with E-state index in [9.17, 15) is 15.4 Å². The summed E-state index contributed by atoms with van der Waals surface area (Å²) < 4.78 is 23.4. The van der Waals surface area contributed by atoms with E-state index >= 15 is 0 Å². The fourth-order valence-corrected chi connectivity index (χ4v) is 4.55. The van der Waals surface area contributed by atoms with E-state index in [1.54, 1.807) is 7.11 Å². The molecule has 1 aromatic rings. The van der Waals surface area contributed by atoms with Crippen LogP contribution in [0.3, 0.4) is 0 Å². The molecule has 0 spiro atoms. The van der Waals surface area contributed by atoms with Crippen molar-refractivity contribution in [3.63, 3.8) is 0 Å². The third-order valence-corrected chi connectivity index (χ3v) is 10.4. The summed E-state index contributed by atoms with van der Waals surface area (Å²) in [7, 11) is -0.931. The van der Waals surface area contributed by atoms with Crippen LogP contribution in [-0.2, 0) is 20.8 Å². The summed E-state index contributed by atoms with van der Waals surface area (Å²) in [6.07, 6.45) is -0.647. The molecular weight excluding hydrogens is 454 g/mol. The van der Waals surface area contributed by atoms with Crippen LogP contribution in [0.2, 0.25) is 18.1 Å². The number of benzene rings is 1. The quantitative estimate of drug-likeness (QED) is 0.136. The van der Waals surface area contributed by atoms with Crippen molar-refractivity contribution < 1.29 is 28.8 Å². The SMILES string of the molecule is CCCCOC1C(O)C(COCc2ccc(OC)cc2)OC(CC(C)(C)[Si](C)(C)O)C1N=[N+]=[N-]. The van der Waals surface area contributed by atoms with Gasteiger partial charge in [-0.25, -0.2) is 0 Å². The maximum Gasteiger partial charge on any atom is 0.188 e. The van der Waals surface area contributed by atoms with E-state index in [0.29, 0.717) is 19.6 Å². The van der Waals surface area contributed by atoms with E-state index in [1.807, 2.05) is 51.2 Å². The van der Waals surface area contributed by atoms with Crippen molar-refractivity contribution in [2.24, 2.45) is 5.11 Å². The number of aliphatic hydroxyl groups excluding tert-OH is 1. The van der Waals surface area contributed by atoms with E-state index in [2.05, 4.69) is 16.9 Å². The van der Waals surface area contributed by atoms with Gasteiger partial charge < -0.3 is 28.8 Å². The van der Waals surface area contributed by atoms with E-state index in [1.165, 1.54) is 0 Å². The molecule has 0 bridgehead atoms. The van der Waals surface area contributed by atoms with Gasteiger partial charge in [0, 0.05) is 11.5 Å². The molecule has 10 heteroatoms. The minimum atomic E-state index is -2.55. The highest BCUT2D eigenvalue weighted by molar-refractivity contribution is 6.72. The number of hydrogen-bond donors (Lipinski definition) is 2. The number of nitrogens with zero attached hydrogens (tertiary/aromatic N) is 3. The fourth-order valence-electron chi connectivity index (χ4n) is 3.85. The fraction of sp³-hybridized carbons (Fsp3) is 0.750. The Morgan fingerprint density at radius 2 is 1.88 bits per heavy atom. The van der Waals surface area contributed by atoms with Gasteiger partial charge in [0.05, 0.1) is 38.6 Å². The van der Waals surface area contributed by atoms with E-state index in [-0.39, 0.29) is 6.61 Å². The Kier molecular flexibility index (Phi) is 10.8. The predicted molar refractivity (Wildman–Crippen MR) is 133 cm³/mol. The lowest BCUT2D eigenvalue weighted by Crippen LogP contribution is -2.60. The predicted octanol–water partition coefficient (Wildman–Crippen LogP) is 4.57. The van der Waals surface area contributed by atoms with Crippen LogP contribution in [-0.4, -0.2) is 69.0 Å². The maximum absolute atomic E-state index is 11.1. The van der Waals surface area contributed by atoms with Crippen LogP contribution in [0.4, 0.5) is 0 Å². The van der Waals surface area contributed by atoms with Crippen molar-refractivity contribution in [3.05, 3.63) is 40.3 Å². The van der Waals surface area contributed by atoms with Crippen LogP contribution in [0.1, 0.15) is 45.6 Å². The average Bonchev–Trinajstić information content (AvgIpc) is 2.78. The van der Waals surface area contributed by atoms with Crippen LogP contribution >= 0.6 is 0 Å². The Balaban J connectivity index is 2.18. The molecule has 1 aliphatic rings. The molecule has 0 saturated carbocycles. The highest BCUT2D eigenvalue weighted by atomic mass is 28.4. The first-order chi connectivity index (χ1) is 16.0. The molecule has 0 amide bonds. The molecule has 192 valence electrons. The van der Waals surface area contributed by atoms with Gasteiger partial charge in [0.2, 0.25) is 0 Å². The van der Waals surface area contributed by atoms with Crippen molar-refractivity contribution in [1.82, 2.24) is 0 Å². The van der Waals surface area contributed by atoms with Crippen LogP contribution < -0.4 is 4.74 Å². The van der Waals surface area contributed by atoms with Gasteiger partial charge in [-0.15, -0.1) is 0 Å². The number of rotatable bonds is 13. The molecule has 34 heavy (non-hydrogen) atoms. The first-order valence-corrected chi connectivity index (χ1v) is 14.9. The van der Waals surface area contributed by atoms with Gasteiger partial charge in [0.15, 0.2) is 8.32 Å². The minimum absolute atomic E-state index is 0.153. The molecule has 1 heterocycles. The highest BCUT2D eigenvalue weighted by Gasteiger charge is 2.49. The molecule has 0 aliphatic carbocycles. The number of methoxy groups -OCH3 is 1. The average molecular weight is 496 g/mol. The summed E-state index contributed by atoms with van der Waals surface area (Å²) in [6.45, 7) is 10.8. The Morgan fingerprint density at radius 3 is 2.44 bits per heavy atom. The zero-order valence-corrected chi connectivity index (χ0v) is 22.3. The molecule has 0 radical (unpaired) electrons. The van der Waals surface area contributed by atoms with Gasteiger partial charge >= 0.3 is 0 Å². The summed E-state index contributed by atoms with van der Waals surface area (Å²) in [4.78, 5) is 13.8. The van der Waals surface area contributed by atoms with Gasteiger partial charge in [0.25, 0.3) is 0 Å². The van der Waals surface area contributed by atoms with Crippen molar-refractivity contribution >= 4 is 8.32 Å². The first kappa shape index (κ1) is 28.6. The lowest BCUT2D eigenvalue weighted by atomic mass is 9.88. The molecule has 5 atom stereocenters. The van der Waals surface area contributed by atoms with Crippen molar-refractivity contribution in [1.29, 1.82) is 0 Å². The zero-order chi connectivity index (χ0) is 25.4. The largest absolute Gasteiger partial charge is 0.497 e. The Morgan fingerprint density at radius 1 is 1.21 bits per heavy atom.